The lowest BCUT2D eigenvalue weighted by Gasteiger charge is -2.17. The minimum Gasteiger partial charge on any atom is -0.482 e. The first-order chi connectivity index (χ1) is 13.2. The Kier molecular flexibility index (Phi) is 7.40. The van der Waals surface area contributed by atoms with Gasteiger partial charge in [-0.25, -0.2) is 9.18 Å². The van der Waals surface area contributed by atoms with Crippen molar-refractivity contribution in [2.24, 2.45) is 0 Å². The van der Waals surface area contributed by atoms with Gasteiger partial charge in [0.1, 0.15) is 11.6 Å². The maximum Gasteiger partial charge on any atom is 0.344 e. The summed E-state index contributed by atoms with van der Waals surface area (Å²) < 4.78 is 23.6. The van der Waals surface area contributed by atoms with Crippen LogP contribution in [0.2, 0.25) is 5.02 Å². The average molecular weight is 408 g/mol. The van der Waals surface area contributed by atoms with Crippen molar-refractivity contribution in [3.63, 3.8) is 0 Å². The van der Waals surface area contributed by atoms with Crippen molar-refractivity contribution in [2.45, 2.75) is 39.7 Å². The zero-order valence-electron chi connectivity index (χ0n) is 16.2. The Bertz CT molecular complexity index is 852. The number of amides is 1. The van der Waals surface area contributed by atoms with E-state index in [4.69, 9.17) is 21.1 Å². The first-order valence-electron chi connectivity index (χ1n) is 8.86. The molecule has 0 heterocycles. The maximum atomic E-state index is 12.9. The predicted molar refractivity (Wildman–Crippen MR) is 106 cm³/mol. The molecule has 7 heteroatoms. The fourth-order valence-electron chi connectivity index (χ4n) is 2.45. The van der Waals surface area contributed by atoms with Gasteiger partial charge in [0.05, 0.1) is 0 Å². The molecule has 5 nitrogen and oxygen atoms in total. The molecule has 0 saturated carbocycles. The smallest absolute Gasteiger partial charge is 0.344 e. The molecule has 1 amide bonds. The summed E-state index contributed by atoms with van der Waals surface area (Å²) in [6.45, 7) is 6.94. The topological polar surface area (TPSA) is 64.6 Å². The second-order valence-corrected chi connectivity index (χ2v) is 7.12. The summed E-state index contributed by atoms with van der Waals surface area (Å²) in [7, 11) is 0. The van der Waals surface area contributed by atoms with Crippen molar-refractivity contribution in [3.8, 4) is 5.75 Å². The lowest BCUT2D eigenvalue weighted by atomic mass is 10.0. The van der Waals surface area contributed by atoms with Crippen LogP contribution in [0, 0.1) is 12.7 Å². The first-order valence-corrected chi connectivity index (χ1v) is 9.24. The molecule has 0 spiro atoms. The van der Waals surface area contributed by atoms with E-state index in [1.165, 1.54) is 31.2 Å². The van der Waals surface area contributed by atoms with Gasteiger partial charge in [0.2, 0.25) is 0 Å². The lowest BCUT2D eigenvalue weighted by Crippen LogP contribution is -2.31. The molecular weight excluding hydrogens is 385 g/mol. The normalized spacial score (nSPS) is 11.8. The second-order valence-electron chi connectivity index (χ2n) is 6.71. The average Bonchev–Trinajstić information content (AvgIpc) is 2.63. The largest absolute Gasteiger partial charge is 0.482 e. The molecular formula is C21H23ClFNO4. The van der Waals surface area contributed by atoms with Gasteiger partial charge < -0.3 is 14.8 Å². The molecule has 0 unspecified atom stereocenters. The van der Waals surface area contributed by atoms with Gasteiger partial charge in [-0.15, -0.1) is 0 Å². The molecule has 150 valence electrons. The number of carbonyl (C=O) groups excluding carboxylic acids is 2. The Morgan fingerprint density at radius 3 is 2.39 bits per heavy atom. The molecule has 1 atom stereocenters. The van der Waals surface area contributed by atoms with Crippen molar-refractivity contribution in [2.75, 3.05) is 11.9 Å². The number of ether oxygens (including phenoxy) is 2. The number of halogens is 2. The molecule has 0 aliphatic rings. The highest BCUT2D eigenvalue weighted by Gasteiger charge is 2.19. The summed E-state index contributed by atoms with van der Waals surface area (Å²) in [5, 5.41) is 3.18. The molecule has 2 aromatic rings. The summed E-state index contributed by atoms with van der Waals surface area (Å²) in [4.78, 5) is 24.2. The number of hydrogen-bond acceptors (Lipinski definition) is 4. The molecule has 28 heavy (non-hydrogen) atoms. The van der Waals surface area contributed by atoms with Crippen LogP contribution in [-0.2, 0) is 14.3 Å². The van der Waals surface area contributed by atoms with Crippen molar-refractivity contribution in [1.29, 1.82) is 0 Å². The van der Waals surface area contributed by atoms with E-state index in [1.807, 2.05) is 26.8 Å². The Morgan fingerprint density at radius 1 is 1.14 bits per heavy atom. The van der Waals surface area contributed by atoms with E-state index < -0.39 is 23.8 Å². The van der Waals surface area contributed by atoms with Gasteiger partial charge >= 0.3 is 5.97 Å². The lowest BCUT2D eigenvalue weighted by molar-refractivity contribution is -0.155. The number of carbonyl (C=O) groups is 2. The Labute approximate surface area is 168 Å². The Morgan fingerprint density at radius 2 is 1.79 bits per heavy atom. The van der Waals surface area contributed by atoms with E-state index in [2.05, 4.69) is 5.32 Å². The van der Waals surface area contributed by atoms with Crippen LogP contribution in [0.5, 0.6) is 5.75 Å². The van der Waals surface area contributed by atoms with Gasteiger partial charge in [-0.2, -0.15) is 0 Å². The minimum atomic E-state index is -1.03. The zero-order chi connectivity index (χ0) is 20.8. The molecule has 0 saturated heterocycles. The minimum absolute atomic E-state index is 0.157. The number of nitrogens with one attached hydrogen (secondary N) is 1. The van der Waals surface area contributed by atoms with Crippen LogP contribution >= 0.6 is 11.6 Å². The molecule has 2 rings (SSSR count). The van der Waals surface area contributed by atoms with E-state index in [0.717, 1.165) is 11.1 Å². The third kappa shape index (κ3) is 5.96. The molecule has 0 aromatic heterocycles. The number of rotatable bonds is 7. The summed E-state index contributed by atoms with van der Waals surface area (Å²) in [5.41, 5.74) is 2.12. The highest BCUT2D eigenvalue weighted by atomic mass is 35.5. The first kappa shape index (κ1) is 21.7. The van der Waals surface area contributed by atoms with Gasteiger partial charge in [-0.1, -0.05) is 25.4 Å². The van der Waals surface area contributed by atoms with Crippen molar-refractivity contribution in [3.05, 3.63) is 58.4 Å². The molecule has 0 radical (unpaired) electrons. The fraction of sp³-hybridized carbons (Fsp3) is 0.333. The van der Waals surface area contributed by atoms with Crippen LogP contribution < -0.4 is 10.1 Å². The summed E-state index contributed by atoms with van der Waals surface area (Å²) in [6, 6.07) is 8.88. The van der Waals surface area contributed by atoms with Gasteiger partial charge in [0.15, 0.2) is 12.7 Å². The second kappa shape index (κ2) is 9.55. The number of hydrogen-bond donors (Lipinski definition) is 1. The molecule has 0 aliphatic heterocycles. The Balaban J connectivity index is 1.92. The van der Waals surface area contributed by atoms with Crippen LogP contribution in [0.3, 0.4) is 0 Å². The maximum absolute atomic E-state index is 12.9. The highest BCUT2D eigenvalue weighted by molar-refractivity contribution is 6.31. The SMILES string of the molecule is Cc1cc(OCC(=O)O[C@H](C)C(=O)Nc2ccc(F)cc2)c(C(C)C)cc1Cl. The van der Waals surface area contributed by atoms with E-state index in [9.17, 15) is 14.0 Å². The number of aryl methyl sites for hydroxylation is 1. The van der Waals surface area contributed by atoms with Crippen LogP contribution in [0.4, 0.5) is 10.1 Å². The zero-order valence-corrected chi connectivity index (χ0v) is 17.0. The quantitative estimate of drug-likeness (QED) is 0.665. The number of anilines is 1. The fourth-order valence-corrected chi connectivity index (χ4v) is 2.62. The van der Waals surface area contributed by atoms with Crippen LogP contribution in [-0.4, -0.2) is 24.6 Å². The van der Waals surface area contributed by atoms with E-state index in [-0.39, 0.29) is 12.5 Å². The van der Waals surface area contributed by atoms with Gasteiger partial charge in [-0.05, 0) is 67.3 Å². The Hall–Kier alpha value is -2.60. The van der Waals surface area contributed by atoms with E-state index in [1.54, 1.807) is 6.07 Å². The third-order valence-electron chi connectivity index (χ3n) is 4.05. The monoisotopic (exact) mass is 407 g/mol. The number of benzene rings is 2. The predicted octanol–water partition coefficient (Wildman–Crippen LogP) is 4.86. The van der Waals surface area contributed by atoms with Crippen LogP contribution in [0.15, 0.2) is 36.4 Å². The van der Waals surface area contributed by atoms with Gasteiger partial charge in [-0.3, -0.25) is 4.79 Å². The van der Waals surface area contributed by atoms with Crippen molar-refractivity contribution in [1.82, 2.24) is 0 Å². The summed E-state index contributed by atoms with van der Waals surface area (Å²) in [6.07, 6.45) is -1.03. The molecule has 0 fully saturated rings. The summed E-state index contributed by atoms with van der Waals surface area (Å²) >= 11 is 6.16. The molecule has 1 N–H and O–H groups in total. The molecule has 2 aromatic carbocycles. The molecule has 0 bridgehead atoms. The van der Waals surface area contributed by atoms with Crippen LogP contribution in [0.1, 0.15) is 37.8 Å². The van der Waals surface area contributed by atoms with Crippen molar-refractivity contribution >= 4 is 29.2 Å². The van der Waals surface area contributed by atoms with E-state index >= 15 is 0 Å². The highest BCUT2D eigenvalue weighted by Crippen LogP contribution is 2.32. The van der Waals surface area contributed by atoms with Crippen molar-refractivity contribution < 1.29 is 23.5 Å². The number of esters is 1. The summed E-state index contributed by atoms with van der Waals surface area (Å²) in [5.74, 6) is -0.899. The van der Waals surface area contributed by atoms with E-state index in [0.29, 0.717) is 16.5 Å². The molecule has 0 aliphatic carbocycles. The van der Waals surface area contributed by atoms with Gasteiger partial charge in [0, 0.05) is 10.7 Å². The van der Waals surface area contributed by atoms with Crippen LogP contribution in [0.25, 0.3) is 0 Å². The third-order valence-corrected chi connectivity index (χ3v) is 4.45. The van der Waals surface area contributed by atoms with Gasteiger partial charge in [0.25, 0.3) is 5.91 Å². The standard InChI is InChI=1S/C21H23ClFNO4/c1-12(2)17-10-18(22)13(3)9-19(17)27-11-20(25)28-14(4)21(26)24-16-7-5-15(23)6-8-16/h5-10,12,14H,11H2,1-4H3,(H,24,26)/t14-/m1/s1.